The standard InChI is InChI=1S/C13H21F3O3S2/c1-20(2,19-21(17,18)13(14,15)16)12-6-9-3-10(7-12)5-11(4-9)8-12/h9-11H,3-8H2,1-2H3/p+1. The van der Waals surface area contributed by atoms with Gasteiger partial charge in [0.2, 0.25) is 0 Å². The lowest BCUT2D eigenvalue weighted by Crippen LogP contribution is -2.54. The van der Waals surface area contributed by atoms with Gasteiger partial charge in [-0.1, -0.05) is 0 Å². The van der Waals surface area contributed by atoms with E-state index in [0.717, 1.165) is 19.3 Å². The zero-order valence-electron chi connectivity index (χ0n) is 12.2. The van der Waals surface area contributed by atoms with Gasteiger partial charge in [-0.25, -0.2) is 0 Å². The SMILES string of the molecule is CS(C)([OH+]S(=O)(=O)C(F)(F)F)C12CC3CC(CC(C3)C1)C2. The molecular weight excluding hydrogens is 325 g/mol. The third-order valence-electron chi connectivity index (χ3n) is 5.62. The van der Waals surface area contributed by atoms with Gasteiger partial charge in [-0.05, 0) is 66.6 Å². The second kappa shape index (κ2) is 4.54. The molecule has 4 fully saturated rings. The van der Waals surface area contributed by atoms with Gasteiger partial charge in [0, 0.05) is 12.5 Å². The minimum Gasteiger partial charge on any atom is -0.265 e. The normalized spacial score (nSPS) is 40.5. The second-order valence-corrected chi connectivity index (χ2v) is 12.8. The monoisotopic (exact) mass is 347 g/mol. The maximum atomic E-state index is 12.7. The van der Waals surface area contributed by atoms with Crippen LogP contribution in [0.2, 0.25) is 0 Å². The topological polar surface area (TPSA) is 46.9 Å². The first-order valence-electron chi connectivity index (χ1n) is 7.23. The van der Waals surface area contributed by atoms with E-state index >= 15 is 0 Å². The fourth-order valence-electron chi connectivity index (χ4n) is 5.01. The van der Waals surface area contributed by atoms with E-state index in [0.29, 0.717) is 17.8 Å². The third kappa shape index (κ3) is 2.51. The van der Waals surface area contributed by atoms with Crippen molar-refractivity contribution in [2.75, 3.05) is 12.5 Å². The summed E-state index contributed by atoms with van der Waals surface area (Å²) < 4.78 is 64.1. The Hall–Kier alpha value is 0.0500. The Morgan fingerprint density at radius 1 is 0.952 bits per heavy atom. The fourth-order valence-corrected chi connectivity index (χ4v) is 9.87. The number of halogens is 3. The van der Waals surface area contributed by atoms with Gasteiger partial charge in [0.25, 0.3) is 0 Å². The molecule has 21 heavy (non-hydrogen) atoms. The minimum atomic E-state index is -5.39. The van der Waals surface area contributed by atoms with Crippen molar-refractivity contribution in [1.29, 1.82) is 0 Å². The highest BCUT2D eigenvalue weighted by Gasteiger charge is 2.63. The van der Waals surface area contributed by atoms with Crippen LogP contribution in [0, 0.1) is 17.8 Å². The van der Waals surface area contributed by atoms with Crippen molar-refractivity contribution in [1.82, 2.24) is 0 Å². The van der Waals surface area contributed by atoms with Crippen molar-refractivity contribution >= 4 is 20.4 Å². The molecule has 0 atom stereocenters. The van der Waals surface area contributed by atoms with Gasteiger partial charge in [-0.2, -0.15) is 13.2 Å². The lowest BCUT2D eigenvalue weighted by molar-refractivity contribution is -0.0545. The summed E-state index contributed by atoms with van der Waals surface area (Å²) in [7, 11) is -7.59. The van der Waals surface area contributed by atoms with Gasteiger partial charge in [-0.3, -0.25) is 3.63 Å². The number of rotatable bonds is 3. The molecule has 1 N–H and O–H groups in total. The van der Waals surface area contributed by atoms with E-state index in [4.69, 9.17) is 0 Å². The van der Waals surface area contributed by atoms with E-state index in [9.17, 15) is 21.6 Å². The predicted octanol–water partition coefficient (Wildman–Crippen LogP) is 3.88. The van der Waals surface area contributed by atoms with E-state index in [-0.39, 0.29) is 4.75 Å². The van der Waals surface area contributed by atoms with Gasteiger partial charge in [0.1, 0.15) is 0 Å². The first kappa shape index (κ1) is 15.9. The largest absolute Gasteiger partial charge is 0.572 e. The molecule has 0 aromatic carbocycles. The molecule has 4 saturated carbocycles. The Labute approximate surface area is 125 Å². The van der Waals surface area contributed by atoms with Gasteiger partial charge in [0.15, 0.2) is 0 Å². The second-order valence-electron chi connectivity index (χ2n) is 7.37. The fraction of sp³-hybridized carbons (Fsp3) is 1.00. The van der Waals surface area contributed by atoms with Crippen LogP contribution in [0.5, 0.6) is 0 Å². The number of hydrogen-bond acceptors (Lipinski definition) is 2. The molecule has 3 nitrogen and oxygen atoms in total. The zero-order valence-corrected chi connectivity index (χ0v) is 13.8. The Kier molecular flexibility index (Phi) is 3.44. The molecule has 124 valence electrons. The van der Waals surface area contributed by atoms with Crippen LogP contribution in [0.1, 0.15) is 38.5 Å². The molecule has 0 saturated heterocycles. The predicted molar refractivity (Wildman–Crippen MR) is 77.9 cm³/mol. The first-order valence-corrected chi connectivity index (χ1v) is 11.1. The zero-order chi connectivity index (χ0) is 15.7. The number of alkyl halides is 3. The van der Waals surface area contributed by atoms with Crippen molar-refractivity contribution in [2.45, 2.75) is 48.8 Å². The molecule has 0 spiro atoms. The van der Waals surface area contributed by atoms with Crippen molar-refractivity contribution in [3.05, 3.63) is 0 Å². The Balaban J connectivity index is 1.88. The van der Waals surface area contributed by atoms with Gasteiger partial charge in [0.05, 0.1) is 4.75 Å². The van der Waals surface area contributed by atoms with Crippen molar-refractivity contribution in [3.8, 4) is 0 Å². The van der Waals surface area contributed by atoms with Crippen LogP contribution in [0.25, 0.3) is 0 Å². The Bertz CT molecular complexity index is 504. The highest BCUT2D eigenvalue weighted by molar-refractivity contribution is 8.32. The van der Waals surface area contributed by atoms with Crippen molar-refractivity contribution < 1.29 is 25.2 Å². The summed E-state index contributed by atoms with van der Waals surface area (Å²) in [6, 6.07) is 0. The summed E-state index contributed by atoms with van der Waals surface area (Å²) in [5.41, 5.74) is -5.28. The molecule has 4 bridgehead atoms. The Morgan fingerprint density at radius 3 is 1.67 bits per heavy atom. The van der Waals surface area contributed by atoms with Crippen LogP contribution in [0.15, 0.2) is 0 Å². The van der Waals surface area contributed by atoms with Crippen LogP contribution in [-0.2, 0) is 10.1 Å². The van der Waals surface area contributed by atoms with Crippen molar-refractivity contribution in [2.24, 2.45) is 17.8 Å². The van der Waals surface area contributed by atoms with Gasteiger partial charge >= 0.3 is 15.6 Å². The lowest BCUT2D eigenvalue weighted by Gasteiger charge is -2.60. The van der Waals surface area contributed by atoms with E-state index < -0.39 is 25.9 Å². The summed E-state index contributed by atoms with van der Waals surface area (Å²) in [6.07, 6.45) is 9.39. The molecule has 0 aromatic rings. The molecule has 4 aliphatic rings. The summed E-state index contributed by atoms with van der Waals surface area (Å²) in [4.78, 5) is 0. The van der Waals surface area contributed by atoms with Gasteiger partial charge in [-0.15, -0.1) is 8.42 Å². The smallest absolute Gasteiger partial charge is 0.265 e. The molecule has 8 heteroatoms. The molecule has 0 unspecified atom stereocenters. The molecular formula is C13H22F3O3S2+. The van der Waals surface area contributed by atoms with Crippen LogP contribution in [0.4, 0.5) is 13.2 Å². The van der Waals surface area contributed by atoms with E-state index in [1.807, 2.05) is 0 Å². The first-order chi connectivity index (χ1) is 9.44. The average Bonchev–Trinajstić information content (AvgIpc) is 2.23. The van der Waals surface area contributed by atoms with Crippen molar-refractivity contribution in [3.63, 3.8) is 0 Å². The maximum Gasteiger partial charge on any atom is 0.572 e. The molecule has 0 aliphatic heterocycles. The highest BCUT2D eigenvalue weighted by Crippen LogP contribution is 2.70. The molecule has 0 amide bonds. The summed E-state index contributed by atoms with van der Waals surface area (Å²) in [5, 5.41) is 0. The Morgan fingerprint density at radius 2 is 1.33 bits per heavy atom. The van der Waals surface area contributed by atoms with E-state index in [1.165, 1.54) is 19.3 Å². The van der Waals surface area contributed by atoms with Gasteiger partial charge < -0.3 is 0 Å². The summed E-state index contributed by atoms with van der Waals surface area (Å²) >= 11 is 0. The molecule has 0 heterocycles. The quantitative estimate of drug-likeness (QED) is 0.442. The molecule has 4 rings (SSSR count). The number of hydrogen-bond donors (Lipinski definition) is 0. The molecule has 0 radical (unpaired) electrons. The molecule has 0 aromatic heterocycles. The van der Waals surface area contributed by atoms with Crippen LogP contribution in [0.3, 0.4) is 0 Å². The minimum absolute atomic E-state index is 0.292. The third-order valence-corrected chi connectivity index (χ3v) is 11.1. The van der Waals surface area contributed by atoms with Crippen LogP contribution >= 0.6 is 10.3 Å². The lowest BCUT2D eigenvalue weighted by atomic mass is 9.56. The molecule has 4 aliphatic carbocycles. The summed E-state index contributed by atoms with van der Waals surface area (Å²) in [6.45, 7) is 0. The highest BCUT2D eigenvalue weighted by atomic mass is 32.3. The van der Waals surface area contributed by atoms with Crippen LogP contribution < -0.4 is 0 Å². The van der Waals surface area contributed by atoms with E-state index in [1.54, 1.807) is 12.5 Å². The average molecular weight is 347 g/mol. The maximum absolute atomic E-state index is 12.7. The summed E-state index contributed by atoms with van der Waals surface area (Å²) in [5.74, 6) is 1.69. The van der Waals surface area contributed by atoms with E-state index in [2.05, 4.69) is 3.63 Å². The van der Waals surface area contributed by atoms with Crippen LogP contribution in [-0.4, -0.2) is 34.8 Å².